The van der Waals surface area contributed by atoms with Gasteiger partial charge in [-0.3, -0.25) is 0 Å². The molecule has 0 bridgehead atoms. The van der Waals surface area contributed by atoms with E-state index < -0.39 is 11.7 Å². The summed E-state index contributed by atoms with van der Waals surface area (Å²) in [6, 6.07) is 1.80. The highest BCUT2D eigenvalue weighted by Crippen LogP contribution is 2.48. The average molecular weight is 585 g/mol. The number of nitrogens with zero attached hydrogens (tertiary/aromatic N) is 4. The monoisotopic (exact) mass is 584 g/mol. The number of piperidine rings is 1. The number of hydrogen-bond donors (Lipinski definition) is 3. The second kappa shape index (κ2) is 10.8. The van der Waals surface area contributed by atoms with Gasteiger partial charge in [-0.25, -0.2) is 19.7 Å². The van der Waals surface area contributed by atoms with Gasteiger partial charge in [0.15, 0.2) is 17.4 Å². The number of nitrogens with one attached hydrogen (secondary N) is 2. The molecule has 6 rings (SSSR count). The lowest BCUT2D eigenvalue weighted by atomic mass is 9.73. The first-order chi connectivity index (χ1) is 19.6. The van der Waals surface area contributed by atoms with Crippen LogP contribution in [0.1, 0.15) is 65.5 Å². The first kappa shape index (κ1) is 28.3. The number of carbonyl (C=O) groups excluding carboxylic acids is 1. The molecule has 2 aromatic heterocycles. The fraction of sp³-hybridized carbons (Fsp3) is 0.655. The van der Waals surface area contributed by atoms with E-state index in [9.17, 15) is 9.90 Å². The van der Waals surface area contributed by atoms with Crippen LogP contribution >= 0.6 is 11.8 Å². The van der Waals surface area contributed by atoms with Gasteiger partial charge in [0, 0.05) is 36.7 Å². The maximum absolute atomic E-state index is 12.6. The Kier molecular flexibility index (Phi) is 7.44. The third-order valence-corrected chi connectivity index (χ3v) is 9.54. The van der Waals surface area contributed by atoms with Crippen molar-refractivity contribution < 1.29 is 24.1 Å². The number of aromatic nitrogens is 3. The Balaban J connectivity index is 1.14. The van der Waals surface area contributed by atoms with Crippen LogP contribution in [0, 0.1) is 5.41 Å². The molecule has 1 saturated carbocycles. The molecule has 0 aromatic carbocycles. The van der Waals surface area contributed by atoms with Crippen molar-refractivity contribution in [2.45, 2.75) is 99.6 Å². The highest BCUT2D eigenvalue weighted by Gasteiger charge is 2.51. The van der Waals surface area contributed by atoms with Gasteiger partial charge in [0.25, 0.3) is 0 Å². The first-order valence-electron chi connectivity index (χ1n) is 14.5. The van der Waals surface area contributed by atoms with Gasteiger partial charge >= 0.3 is 6.09 Å². The minimum absolute atomic E-state index is 0.101. The lowest BCUT2D eigenvalue weighted by molar-refractivity contribution is 0.0434. The van der Waals surface area contributed by atoms with Crippen LogP contribution in [0.2, 0.25) is 0 Å². The van der Waals surface area contributed by atoms with Crippen LogP contribution in [0.15, 0.2) is 28.4 Å². The third kappa shape index (κ3) is 5.91. The number of pyridine rings is 1. The van der Waals surface area contributed by atoms with Gasteiger partial charge < -0.3 is 34.9 Å². The molecule has 1 amide bonds. The molecule has 11 nitrogen and oxygen atoms in total. The molecule has 2 saturated heterocycles. The number of carbonyl (C=O) groups is 1. The van der Waals surface area contributed by atoms with Crippen LogP contribution in [0.25, 0.3) is 0 Å². The Bertz CT molecular complexity index is 1290. The van der Waals surface area contributed by atoms with E-state index >= 15 is 0 Å². The van der Waals surface area contributed by atoms with E-state index in [-0.39, 0.29) is 29.7 Å². The van der Waals surface area contributed by atoms with Crippen molar-refractivity contribution in [3.63, 3.8) is 0 Å². The number of ether oxygens (including phenoxy) is 3. The summed E-state index contributed by atoms with van der Waals surface area (Å²) in [4.78, 5) is 29.7. The number of fused-ring (bicyclic) bond motifs is 1. The maximum atomic E-state index is 12.6. The van der Waals surface area contributed by atoms with Gasteiger partial charge in [-0.15, -0.1) is 0 Å². The van der Waals surface area contributed by atoms with Gasteiger partial charge in [-0.05, 0) is 59.4 Å². The Hall–Kier alpha value is -2.83. The molecular formula is C29H40N6O5S. The van der Waals surface area contributed by atoms with Crippen molar-refractivity contribution in [2.75, 3.05) is 36.5 Å². The molecule has 0 unspecified atom stereocenters. The molecular weight excluding hydrogens is 544 g/mol. The van der Waals surface area contributed by atoms with E-state index in [4.69, 9.17) is 24.2 Å². The van der Waals surface area contributed by atoms with E-state index in [1.54, 1.807) is 12.4 Å². The van der Waals surface area contributed by atoms with Crippen molar-refractivity contribution >= 4 is 29.5 Å². The first-order valence-corrected chi connectivity index (χ1v) is 15.3. The topological polar surface area (TPSA) is 131 Å². The van der Waals surface area contributed by atoms with Gasteiger partial charge in [0.1, 0.15) is 16.3 Å². The fourth-order valence-electron chi connectivity index (χ4n) is 6.17. The molecule has 4 aliphatic rings. The van der Waals surface area contributed by atoms with Crippen molar-refractivity contribution in [2.24, 2.45) is 5.41 Å². The number of alkyl carbamates (subject to hydrolysis) is 1. The van der Waals surface area contributed by atoms with E-state index in [1.165, 1.54) is 11.8 Å². The summed E-state index contributed by atoms with van der Waals surface area (Å²) in [5.74, 6) is 2.22. The minimum atomic E-state index is -0.563. The van der Waals surface area contributed by atoms with Gasteiger partial charge in [-0.2, -0.15) is 0 Å². The summed E-state index contributed by atoms with van der Waals surface area (Å²) in [6.45, 7) is 10.0. The van der Waals surface area contributed by atoms with Gasteiger partial charge in [0.2, 0.25) is 0 Å². The van der Waals surface area contributed by atoms with Crippen LogP contribution < -0.4 is 20.3 Å². The lowest BCUT2D eigenvalue weighted by Crippen LogP contribution is -2.55. The highest BCUT2D eigenvalue weighted by atomic mass is 32.2. The predicted molar refractivity (Wildman–Crippen MR) is 154 cm³/mol. The average Bonchev–Trinajstić information content (AvgIpc) is 3.67. The molecule has 5 heterocycles. The van der Waals surface area contributed by atoms with E-state index in [1.807, 2.05) is 33.8 Å². The maximum Gasteiger partial charge on any atom is 0.407 e. The normalized spacial score (nSPS) is 24.3. The van der Waals surface area contributed by atoms with E-state index in [2.05, 4.69) is 20.5 Å². The summed E-state index contributed by atoms with van der Waals surface area (Å²) >= 11 is 1.47. The molecule has 2 aromatic rings. The fourth-order valence-corrected chi connectivity index (χ4v) is 7.03. The van der Waals surface area contributed by atoms with Crippen molar-refractivity contribution in [3.05, 3.63) is 24.2 Å². The summed E-state index contributed by atoms with van der Waals surface area (Å²) < 4.78 is 17.7. The molecule has 3 fully saturated rings. The summed E-state index contributed by atoms with van der Waals surface area (Å²) in [5.41, 5.74) is -0.0653. The lowest BCUT2D eigenvalue weighted by Gasteiger charge is -2.43. The highest BCUT2D eigenvalue weighted by molar-refractivity contribution is 7.99. The zero-order valence-corrected chi connectivity index (χ0v) is 25.1. The Morgan fingerprint density at radius 1 is 1.24 bits per heavy atom. The molecule has 12 heteroatoms. The summed E-state index contributed by atoms with van der Waals surface area (Å²) in [7, 11) is 0. The quantitative estimate of drug-likeness (QED) is 0.469. The molecule has 0 radical (unpaired) electrons. The third-order valence-electron chi connectivity index (χ3n) is 8.59. The number of amides is 1. The molecule has 2 atom stereocenters. The Labute approximate surface area is 245 Å². The largest absolute Gasteiger partial charge is 0.488 e. The molecule has 2 spiro atoms. The Morgan fingerprint density at radius 2 is 2.02 bits per heavy atom. The molecule has 1 aliphatic carbocycles. The smallest absolute Gasteiger partial charge is 0.407 e. The van der Waals surface area contributed by atoms with Crippen LogP contribution in [0.5, 0.6) is 5.75 Å². The van der Waals surface area contributed by atoms with Crippen LogP contribution in [-0.4, -0.2) is 75.7 Å². The Morgan fingerprint density at radius 3 is 2.73 bits per heavy atom. The second-order valence-electron chi connectivity index (χ2n) is 12.7. The van der Waals surface area contributed by atoms with Gasteiger partial charge in [-0.1, -0.05) is 11.8 Å². The van der Waals surface area contributed by atoms with Crippen molar-refractivity contribution in [1.29, 1.82) is 0 Å². The van der Waals surface area contributed by atoms with Crippen LogP contribution in [-0.2, 0) is 16.1 Å². The number of hydrogen-bond acceptors (Lipinski definition) is 11. The SMILES string of the molecule is C[C@@H]1OCC2(CCN(c3ncc(Sc4ccnc5c4OCCC4(CC4)N5)nc3CO)CC2)[C@@H]1NC(=O)OC(C)(C)C. The summed E-state index contributed by atoms with van der Waals surface area (Å²) in [6.07, 6.45) is 7.92. The van der Waals surface area contributed by atoms with Gasteiger partial charge in [0.05, 0.1) is 43.1 Å². The number of rotatable bonds is 5. The molecule has 3 aliphatic heterocycles. The van der Waals surface area contributed by atoms with Crippen LogP contribution in [0.3, 0.4) is 0 Å². The van der Waals surface area contributed by atoms with E-state index in [0.29, 0.717) is 29.8 Å². The van der Waals surface area contributed by atoms with Crippen LogP contribution in [0.4, 0.5) is 16.4 Å². The second-order valence-corrected chi connectivity index (χ2v) is 13.8. The molecule has 222 valence electrons. The number of aliphatic hydroxyl groups excluding tert-OH is 1. The van der Waals surface area contributed by atoms with Crippen molar-refractivity contribution in [1.82, 2.24) is 20.3 Å². The zero-order valence-electron chi connectivity index (χ0n) is 24.2. The number of aliphatic hydroxyl groups is 1. The predicted octanol–water partition coefficient (Wildman–Crippen LogP) is 4.14. The molecule has 3 N–H and O–H groups in total. The zero-order chi connectivity index (χ0) is 28.8. The summed E-state index contributed by atoms with van der Waals surface area (Å²) in [5, 5.41) is 17.6. The van der Waals surface area contributed by atoms with E-state index in [0.717, 1.165) is 61.7 Å². The molecule has 41 heavy (non-hydrogen) atoms. The number of anilines is 2. The minimum Gasteiger partial charge on any atom is -0.488 e. The standard InChI is InChI=1S/C29H40N6O5S/c1-18-23(33-26(37)40-27(2,3)4)28(17-39-18)8-12-35(13-9-28)25-19(16-36)32-21(15-31-25)41-20-5-11-30-24-22(20)38-14-10-29(34-24)6-7-29/h5,11,15,18,23,36H,6-10,12-14,16-17H2,1-4H3,(H,30,34)(H,33,37)/t18-,23+/m0/s1. The van der Waals surface area contributed by atoms with Crippen molar-refractivity contribution in [3.8, 4) is 5.75 Å².